The van der Waals surface area contributed by atoms with Gasteiger partial charge in [-0.3, -0.25) is 9.78 Å². The lowest BCUT2D eigenvalue weighted by molar-refractivity contribution is 0.0938. The number of nitrogens with one attached hydrogen (secondary N) is 1. The van der Waals surface area contributed by atoms with E-state index in [9.17, 15) is 4.79 Å². The lowest BCUT2D eigenvalue weighted by Crippen LogP contribution is -2.28. The van der Waals surface area contributed by atoms with Gasteiger partial charge in [-0.25, -0.2) is 0 Å². The van der Waals surface area contributed by atoms with Crippen molar-refractivity contribution in [2.24, 2.45) is 0 Å². The normalized spacial score (nSPS) is 11.7. The number of hydrogen-bond donors (Lipinski definition) is 1. The third kappa shape index (κ3) is 4.54. The van der Waals surface area contributed by atoms with Gasteiger partial charge in [-0.15, -0.1) is 0 Å². The van der Waals surface area contributed by atoms with Gasteiger partial charge in [0.25, 0.3) is 5.91 Å². The van der Waals surface area contributed by atoms with Crippen molar-refractivity contribution in [1.29, 1.82) is 0 Å². The smallest absolute Gasteiger partial charge is 0.252 e. The molecule has 0 bridgehead atoms. The molecule has 3 aromatic rings. The highest BCUT2D eigenvalue weighted by molar-refractivity contribution is 5.95. The van der Waals surface area contributed by atoms with Crippen molar-refractivity contribution in [2.45, 2.75) is 25.8 Å². The van der Waals surface area contributed by atoms with Crippen LogP contribution in [0.4, 0.5) is 0 Å². The summed E-state index contributed by atoms with van der Waals surface area (Å²) in [7, 11) is 0. The van der Waals surface area contributed by atoms with Gasteiger partial charge in [-0.05, 0) is 49.1 Å². The minimum absolute atomic E-state index is 0.0539. The molecule has 0 aliphatic rings. The summed E-state index contributed by atoms with van der Waals surface area (Å²) in [5.41, 5.74) is 3.94. The highest BCUT2D eigenvalue weighted by Gasteiger charge is 2.15. The Hall–Kier alpha value is -2.94. The lowest BCUT2D eigenvalue weighted by Gasteiger charge is -2.15. The maximum absolute atomic E-state index is 12.7. The average Bonchev–Trinajstić information content (AvgIpc) is 2.68. The maximum Gasteiger partial charge on any atom is 0.252 e. The highest BCUT2D eigenvalue weighted by Crippen LogP contribution is 2.15. The van der Waals surface area contributed by atoms with Gasteiger partial charge in [0.1, 0.15) is 0 Å². The number of pyridine rings is 1. The predicted molar refractivity (Wildman–Crippen MR) is 100 cm³/mol. The summed E-state index contributed by atoms with van der Waals surface area (Å²) in [5, 5.41) is 3.05. The molecule has 3 nitrogen and oxygen atoms in total. The molecular weight excluding hydrogens is 308 g/mol. The van der Waals surface area contributed by atoms with Gasteiger partial charge >= 0.3 is 0 Å². The number of rotatable bonds is 6. The zero-order valence-electron chi connectivity index (χ0n) is 14.4. The molecule has 1 N–H and O–H groups in total. The molecule has 2 aromatic carbocycles. The second-order valence-electron chi connectivity index (χ2n) is 6.09. The third-order valence-electron chi connectivity index (χ3n) is 4.27. The molecular formula is C22H22N2O. The fraction of sp³-hybridized carbons (Fsp3) is 0.182. The van der Waals surface area contributed by atoms with E-state index in [-0.39, 0.29) is 11.9 Å². The minimum atomic E-state index is -0.129. The number of aromatic nitrogens is 1. The molecule has 0 radical (unpaired) electrons. The first kappa shape index (κ1) is 16.9. The van der Waals surface area contributed by atoms with Gasteiger partial charge < -0.3 is 5.32 Å². The van der Waals surface area contributed by atoms with Crippen LogP contribution < -0.4 is 5.32 Å². The van der Waals surface area contributed by atoms with Gasteiger partial charge in [0.15, 0.2) is 0 Å². The van der Waals surface area contributed by atoms with E-state index in [2.05, 4.69) is 22.4 Å². The van der Waals surface area contributed by atoms with Crippen molar-refractivity contribution in [3.63, 3.8) is 0 Å². The Morgan fingerprint density at radius 2 is 1.64 bits per heavy atom. The summed E-state index contributed by atoms with van der Waals surface area (Å²) >= 11 is 0. The standard InChI is InChI=1S/C22H22N2O/c1-17(21-13-7-8-16-23-21)24-22(25)20-12-6-5-11-19(20)15-14-18-9-3-2-4-10-18/h2-13,16-17H,14-15H2,1H3,(H,24,25). The van der Waals surface area contributed by atoms with E-state index in [4.69, 9.17) is 0 Å². The van der Waals surface area contributed by atoms with Crippen LogP contribution in [0.5, 0.6) is 0 Å². The van der Waals surface area contributed by atoms with Crippen LogP contribution in [0.15, 0.2) is 79.0 Å². The van der Waals surface area contributed by atoms with Crippen LogP contribution in [-0.4, -0.2) is 10.9 Å². The molecule has 0 fully saturated rings. The summed E-state index contributed by atoms with van der Waals surface area (Å²) in [5.74, 6) is -0.0539. The highest BCUT2D eigenvalue weighted by atomic mass is 16.1. The summed E-state index contributed by atoms with van der Waals surface area (Å²) in [6.45, 7) is 1.95. The van der Waals surface area contributed by atoms with Crippen LogP contribution in [0, 0.1) is 0 Å². The largest absolute Gasteiger partial charge is 0.344 e. The van der Waals surface area contributed by atoms with Crippen molar-refractivity contribution in [3.05, 3.63) is 101 Å². The van der Waals surface area contributed by atoms with Gasteiger partial charge in [0.2, 0.25) is 0 Å². The molecule has 3 heteroatoms. The van der Waals surface area contributed by atoms with Crippen LogP contribution in [-0.2, 0) is 12.8 Å². The zero-order chi connectivity index (χ0) is 17.5. The number of carbonyl (C=O) groups excluding carboxylic acids is 1. The molecule has 1 aromatic heterocycles. The van der Waals surface area contributed by atoms with Crippen LogP contribution in [0.1, 0.15) is 40.1 Å². The summed E-state index contributed by atoms with van der Waals surface area (Å²) in [6, 6.07) is 23.8. The Kier molecular flexibility index (Phi) is 5.57. The number of nitrogens with zero attached hydrogens (tertiary/aromatic N) is 1. The Labute approximate surface area is 148 Å². The molecule has 1 heterocycles. The van der Waals surface area contributed by atoms with Crippen molar-refractivity contribution >= 4 is 5.91 Å². The monoisotopic (exact) mass is 330 g/mol. The molecule has 126 valence electrons. The van der Waals surface area contributed by atoms with E-state index < -0.39 is 0 Å². The molecule has 0 aliphatic heterocycles. The molecule has 0 aliphatic carbocycles. The number of benzene rings is 2. The van der Waals surface area contributed by atoms with Gasteiger partial charge in [-0.2, -0.15) is 0 Å². The molecule has 1 unspecified atom stereocenters. The molecule has 0 spiro atoms. The number of carbonyl (C=O) groups is 1. The number of amides is 1. The Balaban J connectivity index is 1.70. The van der Waals surface area contributed by atoms with Crippen LogP contribution in [0.2, 0.25) is 0 Å². The van der Waals surface area contributed by atoms with E-state index in [1.807, 2.05) is 67.6 Å². The first-order valence-electron chi connectivity index (χ1n) is 8.57. The number of aryl methyl sites for hydroxylation is 2. The third-order valence-corrected chi connectivity index (χ3v) is 4.27. The SMILES string of the molecule is CC(NC(=O)c1ccccc1CCc1ccccc1)c1ccccn1. The second-order valence-corrected chi connectivity index (χ2v) is 6.09. The van der Waals surface area contributed by atoms with Crippen molar-refractivity contribution in [1.82, 2.24) is 10.3 Å². The van der Waals surface area contributed by atoms with Gasteiger partial charge in [0.05, 0.1) is 11.7 Å². The first-order chi connectivity index (χ1) is 12.2. The van der Waals surface area contributed by atoms with E-state index in [0.717, 1.165) is 29.7 Å². The molecule has 0 saturated heterocycles. The lowest BCUT2D eigenvalue weighted by atomic mass is 9.99. The van der Waals surface area contributed by atoms with Crippen LogP contribution >= 0.6 is 0 Å². The topological polar surface area (TPSA) is 42.0 Å². The summed E-state index contributed by atoms with van der Waals surface area (Å²) < 4.78 is 0. The predicted octanol–water partition coefficient (Wildman–Crippen LogP) is 4.36. The van der Waals surface area contributed by atoms with Crippen molar-refractivity contribution < 1.29 is 4.79 Å². The van der Waals surface area contributed by atoms with Crippen molar-refractivity contribution in [3.8, 4) is 0 Å². The molecule has 25 heavy (non-hydrogen) atoms. The Morgan fingerprint density at radius 3 is 2.40 bits per heavy atom. The molecule has 3 rings (SSSR count). The first-order valence-corrected chi connectivity index (χ1v) is 8.57. The fourth-order valence-corrected chi connectivity index (χ4v) is 2.86. The van der Waals surface area contributed by atoms with Crippen LogP contribution in [0.25, 0.3) is 0 Å². The van der Waals surface area contributed by atoms with Gasteiger partial charge in [-0.1, -0.05) is 54.6 Å². The molecule has 1 amide bonds. The van der Waals surface area contributed by atoms with E-state index >= 15 is 0 Å². The van der Waals surface area contributed by atoms with Crippen molar-refractivity contribution in [2.75, 3.05) is 0 Å². The van der Waals surface area contributed by atoms with Crippen LogP contribution in [0.3, 0.4) is 0 Å². The Morgan fingerprint density at radius 1 is 0.920 bits per heavy atom. The maximum atomic E-state index is 12.7. The summed E-state index contributed by atoms with van der Waals surface area (Å²) in [4.78, 5) is 17.0. The molecule has 0 saturated carbocycles. The minimum Gasteiger partial charge on any atom is -0.344 e. The average molecular weight is 330 g/mol. The Bertz CT molecular complexity index is 816. The zero-order valence-corrected chi connectivity index (χ0v) is 14.4. The fourth-order valence-electron chi connectivity index (χ4n) is 2.86. The number of hydrogen-bond acceptors (Lipinski definition) is 2. The van der Waals surface area contributed by atoms with E-state index in [1.165, 1.54) is 5.56 Å². The quantitative estimate of drug-likeness (QED) is 0.730. The summed E-state index contributed by atoms with van der Waals surface area (Å²) in [6.07, 6.45) is 3.50. The van der Waals surface area contributed by atoms with E-state index in [1.54, 1.807) is 6.20 Å². The second kappa shape index (κ2) is 8.25. The van der Waals surface area contributed by atoms with E-state index in [0.29, 0.717) is 0 Å². The van der Waals surface area contributed by atoms with Gasteiger partial charge in [0, 0.05) is 11.8 Å². The molecule has 1 atom stereocenters.